The Morgan fingerprint density at radius 1 is 0.897 bits per heavy atom. The molecule has 204 valence electrons. The minimum atomic E-state index is -0.571. The number of carbonyl (C=O) groups excluding carboxylic acids is 2. The quantitative estimate of drug-likeness (QED) is 0.284. The molecule has 0 aliphatic rings. The smallest absolute Gasteiger partial charge is 0.410 e. The molecule has 0 unspecified atom stereocenters. The van der Waals surface area contributed by atoms with Crippen LogP contribution in [0.2, 0.25) is 0 Å². The van der Waals surface area contributed by atoms with Crippen molar-refractivity contribution in [2.24, 2.45) is 0 Å². The van der Waals surface area contributed by atoms with E-state index in [2.05, 4.69) is 31.4 Å². The first-order chi connectivity index (χ1) is 18.3. The Morgan fingerprint density at radius 3 is 2.31 bits per heavy atom. The first kappa shape index (κ1) is 27.7. The number of benzene rings is 3. The Bertz CT molecular complexity index is 1490. The van der Waals surface area contributed by atoms with Gasteiger partial charge < -0.3 is 15.0 Å². The van der Waals surface area contributed by atoms with Gasteiger partial charge in [0.05, 0.1) is 17.1 Å². The molecule has 0 atom stereocenters. The summed E-state index contributed by atoms with van der Waals surface area (Å²) in [5.74, 6) is 0.537. The molecule has 3 aromatic carbocycles. The maximum absolute atomic E-state index is 13.1. The highest BCUT2D eigenvalue weighted by Crippen LogP contribution is 2.28. The fourth-order valence-electron chi connectivity index (χ4n) is 4.10. The average molecular weight is 528 g/mol. The molecule has 8 heteroatoms. The van der Waals surface area contributed by atoms with Crippen molar-refractivity contribution in [2.75, 3.05) is 17.7 Å². The highest BCUT2D eigenvalue weighted by Gasteiger charge is 2.23. The number of rotatable bonds is 5. The summed E-state index contributed by atoms with van der Waals surface area (Å²) in [5, 5.41) is 12.8. The predicted molar refractivity (Wildman–Crippen MR) is 157 cm³/mol. The summed E-state index contributed by atoms with van der Waals surface area (Å²) in [4.78, 5) is 27.2. The van der Waals surface area contributed by atoms with Crippen LogP contribution in [0, 0.1) is 0 Å². The number of hydrogen-bond acceptors (Lipinski definition) is 4. The molecule has 4 aromatic rings. The number of anilines is 2. The molecule has 1 aromatic heterocycles. The van der Waals surface area contributed by atoms with Gasteiger partial charge in [0.15, 0.2) is 0 Å². The van der Waals surface area contributed by atoms with Gasteiger partial charge in [0.2, 0.25) is 0 Å². The van der Waals surface area contributed by atoms with E-state index in [-0.39, 0.29) is 11.4 Å². The number of nitrogens with zero attached hydrogens (tertiary/aromatic N) is 3. The highest BCUT2D eigenvalue weighted by atomic mass is 16.6. The third kappa shape index (κ3) is 6.96. The molecule has 0 saturated heterocycles. The number of fused-ring (bicyclic) bond motifs is 1. The largest absolute Gasteiger partial charge is 0.444 e. The summed E-state index contributed by atoms with van der Waals surface area (Å²) < 4.78 is 7.20. The monoisotopic (exact) mass is 527 g/mol. The summed E-state index contributed by atoms with van der Waals surface area (Å²) in [7, 11) is 1.71. The van der Waals surface area contributed by atoms with E-state index < -0.39 is 11.7 Å². The normalized spacial score (nSPS) is 11.8. The van der Waals surface area contributed by atoms with E-state index in [1.165, 1.54) is 4.90 Å². The van der Waals surface area contributed by atoms with E-state index in [0.717, 1.165) is 33.4 Å². The standard InChI is InChI=1S/C31H37N5O3/c1-30(2,3)26-19-27(33-28(37)32-25-17-11-14-22-13-8-9-16-24(22)25)36(34-26)23-15-10-12-21(18-23)20-35(7)29(38)39-31(4,5)6/h8-19H,20H2,1-7H3,(H2,32,33,37). The van der Waals surface area contributed by atoms with E-state index in [1.54, 1.807) is 11.7 Å². The average Bonchev–Trinajstić information content (AvgIpc) is 3.27. The summed E-state index contributed by atoms with van der Waals surface area (Å²) in [5.41, 5.74) is 2.42. The van der Waals surface area contributed by atoms with Crippen molar-refractivity contribution in [1.29, 1.82) is 0 Å². The number of aromatic nitrogens is 2. The van der Waals surface area contributed by atoms with Crippen molar-refractivity contribution < 1.29 is 14.3 Å². The predicted octanol–water partition coefficient (Wildman–Crippen LogP) is 7.33. The second kappa shape index (κ2) is 10.8. The van der Waals surface area contributed by atoms with E-state index in [4.69, 9.17) is 9.84 Å². The van der Waals surface area contributed by atoms with Gasteiger partial charge in [-0.2, -0.15) is 5.10 Å². The molecular weight excluding hydrogens is 490 g/mol. The van der Waals surface area contributed by atoms with Crippen molar-refractivity contribution >= 4 is 34.4 Å². The molecule has 0 aliphatic heterocycles. The maximum Gasteiger partial charge on any atom is 0.410 e. The van der Waals surface area contributed by atoms with E-state index in [9.17, 15) is 9.59 Å². The molecule has 0 saturated carbocycles. The Hall–Kier alpha value is -4.33. The third-order valence-corrected chi connectivity index (χ3v) is 6.04. The van der Waals surface area contributed by atoms with Gasteiger partial charge in [-0.1, -0.05) is 69.3 Å². The molecule has 0 bridgehead atoms. The number of urea groups is 1. The lowest BCUT2D eigenvalue weighted by atomic mass is 9.92. The number of carbonyl (C=O) groups is 2. The molecule has 0 radical (unpaired) electrons. The molecule has 4 rings (SSSR count). The van der Waals surface area contributed by atoms with Crippen LogP contribution in [-0.2, 0) is 16.7 Å². The van der Waals surface area contributed by atoms with Crippen LogP contribution in [0.5, 0.6) is 0 Å². The Balaban J connectivity index is 1.60. The zero-order chi connectivity index (χ0) is 28.4. The van der Waals surface area contributed by atoms with Crippen LogP contribution in [0.25, 0.3) is 16.5 Å². The van der Waals surface area contributed by atoms with Gasteiger partial charge in [0.1, 0.15) is 11.4 Å². The SMILES string of the molecule is CN(Cc1cccc(-n2nc(C(C)(C)C)cc2NC(=O)Nc2cccc3ccccc23)c1)C(=O)OC(C)(C)C. The lowest BCUT2D eigenvalue weighted by molar-refractivity contribution is 0.0285. The van der Waals surface area contributed by atoms with Gasteiger partial charge in [-0.15, -0.1) is 0 Å². The minimum absolute atomic E-state index is 0.234. The Morgan fingerprint density at radius 2 is 1.59 bits per heavy atom. The maximum atomic E-state index is 13.1. The second-order valence-electron chi connectivity index (χ2n) is 11.7. The molecule has 0 aliphatic carbocycles. The Labute approximate surface area is 230 Å². The first-order valence-corrected chi connectivity index (χ1v) is 13.0. The van der Waals surface area contributed by atoms with Crippen LogP contribution in [0.15, 0.2) is 72.8 Å². The molecule has 0 spiro atoms. The van der Waals surface area contributed by atoms with Crippen LogP contribution in [0.3, 0.4) is 0 Å². The van der Waals surface area contributed by atoms with Crippen LogP contribution < -0.4 is 10.6 Å². The van der Waals surface area contributed by atoms with E-state index >= 15 is 0 Å². The molecule has 1 heterocycles. The fourth-order valence-corrected chi connectivity index (χ4v) is 4.10. The molecular formula is C31H37N5O3. The summed E-state index contributed by atoms with van der Waals surface area (Å²) in [6, 6.07) is 23.0. The number of hydrogen-bond donors (Lipinski definition) is 2. The minimum Gasteiger partial charge on any atom is -0.444 e. The summed E-state index contributed by atoms with van der Waals surface area (Å²) in [6.07, 6.45) is -0.394. The summed E-state index contributed by atoms with van der Waals surface area (Å²) >= 11 is 0. The molecule has 8 nitrogen and oxygen atoms in total. The van der Waals surface area contributed by atoms with Crippen molar-refractivity contribution in [1.82, 2.24) is 14.7 Å². The highest BCUT2D eigenvalue weighted by molar-refractivity contribution is 6.06. The van der Waals surface area contributed by atoms with Crippen LogP contribution in [0.1, 0.15) is 52.8 Å². The number of amides is 3. The van der Waals surface area contributed by atoms with Crippen molar-refractivity contribution in [3.8, 4) is 5.69 Å². The summed E-state index contributed by atoms with van der Waals surface area (Å²) in [6.45, 7) is 12.1. The van der Waals surface area contributed by atoms with Gasteiger partial charge >= 0.3 is 12.1 Å². The fraction of sp³-hybridized carbons (Fsp3) is 0.323. The van der Waals surface area contributed by atoms with Crippen LogP contribution in [0.4, 0.5) is 21.1 Å². The van der Waals surface area contributed by atoms with Crippen molar-refractivity contribution in [3.05, 3.63) is 84.1 Å². The van der Waals surface area contributed by atoms with E-state index in [0.29, 0.717) is 12.4 Å². The van der Waals surface area contributed by atoms with Gasteiger partial charge in [-0.05, 0) is 49.9 Å². The lowest BCUT2D eigenvalue weighted by Crippen LogP contribution is -2.33. The zero-order valence-corrected chi connectivity index (χ0v) is 23.7. The number of ether oxygens (including phenoxy) is 1. The topological polar surface area (TPSA) is 88.5 Å². The first-order valence-electron chi connectivity index (χ1n) is 13.0. The van der Waals surface area contributed by atoms with Crippen molar-refractivity contribution in [2.45, 2.75) is 59.1 Å². The van der Waals surface area contributed by atoms with Crippen molar-refractivity contribution in [3.63, 3.8) is 0 Å². The third-order valence-electron chi connectivity index (χ3n) is 6.04. The lowest BCUT2D eigenvalue weighted by Gasteiger charge is -2.24. The molecule has 2 N–H and O–H groups in total. The zero-order valence-electron chi connectivity index (χ0n) is 23.7. The van der Waals surface area contributed by atoms with Crippen LogP contribution >= 0.6 is 0 Å². The van der Waals surface area contributed by atoms with Gasteiger partial charge in [-0.3, -0.25) is 5.32 Å². The molecule has 39 heavy (non-hydrogen) atoms. The van der Waals surface area contributed by atoms with Gasteiger partial charge in [0, 0.05) is 30.5 Å². The van der Waals surface area contributed by atoms with Crippen LogP contribution in [-0.4, -0.2) is 39.5 Å². The second-order valence-corrected chi connectivity index (χ2v) is 11.7. The molecule has 0 fully saturated rings. The van der Waals surface area contributed by atoms with Gasteiger partial charge in [0.25, 0.3) is 0 Å². The Kier molecular flexibility index (Phi) is 7.67. The number of nitrogens with one attached hydrogen (secondary N) is 2. The van der Waals surface area contributed by atoms with E-state index in [1.807, 2.05) is 93.6 Å². The van der Waals surface area contributed by atoms with Gasteiger partial charge in [-0.25, -0.2) is 14.3 Å². The molecule has 3 amide bonds.